The molecule has 0 amide bonds. The zero-order valence-electron chi connectivity index (χ0n) is 30.0. The van der Waals surface area contributed by atoms with Crippen molar-refractivity contribution in [3.05, 3.63) is 158 Å². The number of benzene rings is 4. The van der Waals surface area contributed by atoms with E-state index < -0.39 is 0 Å². The minimum absolute atomic E-state index is 0.125. The molecule has 1 aliphatic carbocycles. The highest BCUT2D eigenvalue weighted by Gasteiger charge is 2.43. The van der Waals surface area contributed by atoms with Crippen molar-refractivity contribution in [2.24, 2.45) is 0 Å². The Morgan fingerprint density at radius 1 is 0.509 bits per heavy atom. The Hall–Kier alpha value is -7.59. The summed E-state index contributed by atoms with van der Waals surface area (Å²) in [6, 6.07) is 33.0. The minimum atomic E-state index is -0.129. The van der Waals surface area contributed by atoms with E-state index in [1.165, 1.54) is 5.57 Å². The van der Waals surface area contributed by atoms with Gasteiger partial charge in [-0.2, -0.15) is 10.2 Å². The van der Waals surface area contributed by atoms with Gasteiger partial charge in [0.1, 0.15) is 34.5 Å². The molecule has 0 bridgehead atoms. The van der Waals surface area contributed by atoms with Crippen LogP contribution in [0.5, 0.6) is 46.3 Å². The number of aromatic nitrogens is 6. The van der Waals surface area contributed by atoms with Gasteiger partial charge in [-0.3, -0.25) is 0 Å². The molecule has 0 atom stereocenters. The second kappa shape index (κ2) is 11.5. The van der Waals surface area contributed by atoms with Crippen LogP contribution in [-0.2, 0) is 0 Å². The van der Waals surface area contributed by atoms with Gasteiger partial charge >= 0.3 is 0 Å². The van der Waals surface area contributed by atoms with Crippen molar-refractivity contribution >= 4 is 57.3 Å². The molecule has 13 rings (SSSR count). The van der Waals surface area contributed by atoms with E-state index in [0.29, 0.717) is 11.8 Å². The first-order valence-corrected chi connectivity index (χ1v) is 18.9. The number of hydrogen-bond donors (Lipinski definition) is 0. The lowest BCUT2D eigenvalue weighted by Crippen LogP contribution is -2.57. The van der Waals surface area contributed by atoms with E-state index in [2.05, 4.69) is 70.9 Å². The summed E-state index contributed by atoms with van der Waals surface area (Å²) in [6.45, 7) is -0.253. The second-order valence-electron chi connectivity index (χ2n) is 14.7. The fourth-order valence-corrected chi connectivity index (χ4v) is 9.01. The number of hydrogen-bond acceptors (Lipinski definition) is 8. The zero-order valence-corrected chi connectivity index (χ0v) is 30.0. The first-order chi connectivity index (χ1) is 28.2. The predicted octanol–water partition coefficient (Wildman–Crippen LogP) is 5.17. The molecule has 0 unspecified atom stereocenters. The van der Waals surface area contributed by atoms with Gasteiger partial charge in [0, 0.05) is 35.7 Å². The number of nitrogens with zero attached hydrogens (tertiary/aromatic N) is 6. The molecular weight excluding hydrogens is 710 g/mol. The summed E-state index contributed by atoms with van der Waals surface area (Å²) in [7, 11) is 0. The number of pyridine rings is 2. The van der Waals surface area contributed by atoms with E-state index in [9.17, 15) is 0 Å². The molecule has 8 heterocycles. The SMILES string of the molecule is C1=C(c2ccc3c(c2)B2c4cc(-n5cccn5)cnc4Oc4cccc(c42)O3)C=C(c2ccc3c(c2)B2c4cc(-n5cccn5)cnc4Oc4cccc(c42)O3)C1. The monoisotopic (exact) mass is 736 g/mol. The van der Waals surface area contributed by atoms with Crippen LogP contribution in [0.3, 0.4) is 0 Å². The molecule has 4 aliphatic heterocycles. The van der Waals surface area contributed by atoms with Crippen molar-refractivity contribution < 1.29 is 18.9 Å². The molecule has 4 aromatic carbocycles. The molecule has 0 saturated heterocycles. The van der Waals surface area contributed by atoms with E-state index in [4.69, 9.17) is 28.9 Å². The molecule has 0 fully saturated rings. The van der Waals surface area contributed by atoms with Gasteiger partial charge in [0.25, 0.3) is 13.4 Å². The Balaban J connectivity index is 0.885. The Labute approximate surface area is 326 Å². The van der Waals surface area contributed by atoms with Crippen molar-refractivity contribution in [3.63, 3.8) is 0 Å². The first kappa shape index (κ1) is 30.7. The Bertz CT molecular complexity index is 3060. The molecule has 0 N–H and O–H groups in total. The van der Waals surface area contributed by atoms with Gasteiger partial charge in [0.05, 0.1) is 23.8 Å². The standard InChI is InChI=1S/C45H26B2N6O4/c1-5-38-42-40(7-1)56-44-34(22-30(24-48-44)52-17-3-15-50-52)46(42)32-20-28(11-13-36(32)54-38)26-9-10-27(19-26)29-12-14-37-33(21-29)47-35-23-31(53-18-4-16-51-53)25-49-45(35)57-41-8-2-6-39(55-37)43(41)47/h1-9,11-25H,10H2. The number of ether oxygens (including phenoxy) is 4. The van der Waals surface area contributed by atoms with Crippen LogP contribution in [0.25, 0.3) is 22.5 Å². The average Bonchev–Trinajstić information content (AvgIpc) is 4.08. The summed E-state index contributed by atoms with van der Waals surface area (Å²) in [5.41, 5.74) is 12.5. The van der Waals surface area contributed by atoms with Crippen LogP contribution in [0.2, 0.25) is 0 Å². The van der Waals surface area contributed by atoms with Crippen molar-refractivity contribution in [1.82, 2.24) is 29.5 Å². The third-order valence-electron chi connectivity index (χ3n) is 11.6. The summed E-state index contributed by atoms with van der Waals surface area (Å²) in [5.74, 6) is 5.94. The average molecular weight is 736 g/mol. The quantitative estimate of drug-likeness (QED) is 0.229. The van der Waals surface area contributed by atoms with E-state index in [-0.39, 0.29) is 13.4 Å². The fourth-order valence-electron chi connectivity index (χ4n) is 9.01. The molecule has 12 heteroatoms. The first-order valence-electron chi connectivity index (χ1n) is 18.9. The van der Waals surface area contributed by atoms with Crippen LogP contribution < -0.4 is 51.7 Å². The maximum atomic E-state index is 6.53. The van der Waals surface area contributed by atoms with Crippen LogP contribution in [-0.4, -0.2) is 43.0 Å². The van der Waals surface area contributed by atoms with Crippen LogP contribution in [0.15, 0.2) is 146 Å². The number of fused-ring (bicyclic) bond motifs is 8. The van der Waals surface area contributed by atoms with Gasteiger partial charge in [0.2, 0.25) is 11.8 Å². The van der Waals surface area contributed by atoms with Gasteiger partial charge in [-0.05, 0) is 111 Å². The summed E-state index contributed by atoms with van der Waals surface area (Å²) in [4.78, 5) is 9.53. The summed E-state index contributed by atoms with van der Waals surface area (Å²) >= 11 is 0. The lowest BCUT2D eigenvalue weighted by Gasteiger charge is -2.32. The third kappa shape index (κ3) is 4.55. The molecular formula is C45H26B2N6O4. The Morgan fingerprint density at radius 2 is 1.04 bits per heavy atom. The molecule has 10 nitrogen and oxygen atoms in total. The van der Waals surface area contributed by atoms with Crippen molar-refractivity contribution in [2.45, 2.75) is 6.42 Å². The Morgan fingerprint density at radius 3 is 1.58 bits per heavy atom. The van der Waals surface area contributed by atoms with Gasteiger partial charge in [-0.25, -0.2) is 19.3 Å². The largest absolute Gasteiger partial charge is 0.458 e. The van der Waals surface area contributed by atoms with E-state index in [1.54, 1.807) is 24.8 Å². The van der Waals surface area contributed by atoms with Crippen molar-refractivity contribution in [1.29, 1.82) is 0 Å². The number of allylic oxidation sites excluding steroid dienone is 4. The lowest BCUT2D eigenvalue weighted by molar-refractivity contribution is 0.452. The van der Waals surface area contributed by atoms with Crippen LogP contribution in [0.4, 0.5) is 0 Å². The molecule has 8 aromatic rings. The smallest absolute Gasteiger partial charge is 0.262 e. The molecule has 266 valence electrons. The maximum Gasteiger partial charge on any atom is 0.262 e. The highest BCUT2D eigenvalue weighted by atomic mass is 16.5. The van der Waals surface area contributed by atoms with Gasteiger partial charge in [-0.15, -0.1) is 0 Å². The fraction of sp³-hybridized carbons (Fsp3) is 0.0222. The van der Waals surface area contributed by atoms with Crippen molar-refractivity contribution in [2.75, 3.05) is 0 Å². The van der Waals surface area contributed by atoms with Crippen LogP contribution in [0.1, 0.15) is 17.5 Å². The minimum Gasteiger partial charge on any atom is -0.458 e. The van der Waals surface area contributed by atoms with Gasteiger partial charge in [0.15, 0.2) is 0 Å². The summed E-state index contributed by atoms with van der Waals surface area (Å²) < 4.78 is 29.4. The zero-order chi connectivity index (χ0) is 37.2. The predicted molar refractivity (Wildman–Crippen MR) is 219 cm³/mol. The van der Waals surface area contributed by atoms with E-state index in [1.807, 2.05) is 70.3 Å². The van der Waals surface area contributed by atoms with Gasteiger partial charge < -0.3 is 18.9 Å². The normalized spacial score (nSPS) is 14.6. The van der Waals surface area contributed by atoms with Gasteiger partial charge in [-0.1, -0.05) is 48.6 Å². The number of rotatable bonds is 4. The Kier molecular flexibility index (Phi) is 6.18. The molecule has 0 radical (unpaired) electrons. The molecule has 0 saturated carbocycles. The van der Waals surface area contributed by atoms with Crippen molar-refractivity contribution in [3.8, 4) is 57.6 Å². The lowest BCUT2D eigenvalue weighted by atomic mass is 9.35. The summed E-state index contributed by atoms with van der Waals surface area (Å²) in [6.07, 6.45) is 16.4. The molecule has 4 aromatic heterocycles. The molecule has 5 aliphatic rings. The van der Waals surface area contributed by atoms with Crippen LogP contribution in [0, 0.1) is 0 Å². The second-order valence-corrected chi connectivity index (χ2v) is 14.7. The summed E-state index contributed by atoms with van der Waals surface area (Å²) in [5, 5.41) is 8.91. The molecule has 57 heavy (non-hydrogen) atoms. The van der Waals surface area contributed by atoms with E-state index in [0.717, 1.165) is 102 Å². The topological polar surface area (TPSA) is 98.3 Å². The maximum absolute atomic E-state index is 6.53. The molecule has 0 spiro atoms. The highest BCUT2D eigenvalue weighted by Crippen LogP contribution is 2.39. The third-order valence-corrected chi connectivity index (χ3v) is 11.6. The van der Waals surface area contributed by atoms with E-state index >= 15 is 0 Å². The van der Waals surface area contributed by atoms with Crippen LogP contribution >= 0.6 is 0 Å². The highest BCUT2D eigenvalue weighted by molar-refractivity contribution is 6.99.